The molecule has 156 valence electrons. The standard InChI is InChI=1S/C21H26N2O6/c1-26-15-8-7-14(17(11-15)23-21(25)16(22)12-24)6-5-13-9-18(27-2)20(29-4)19(10-13)28-3/h5-11,16,24H,12,22H2,1-4H3,(H,23,25)/b6-5+/t16-/m1/s1. The number of benzene rings is 2. The van der Waals surface area contributed by atoms with E-state index in [-0.39, 0.29) is 0 Å². The highest BCUT2D eigenvalue weighted by Gasteiger charge is 2.15. The van der Waals surface area contributed by atoms with E-state index in [0.717, 1.165) is 11.1 Å². The van der Waals surface area contributed by atoms with Crippen molar-refractivity contribution in [3.05, 3.63) is 41.5 Å². The Balaban J connectivity index is 2.40. The van der Waals surface area contributed by atoms with E-state index in [1.807, 2.05) is 12.2 Å². The zero-order valence-electron chi connectivity index (χ0n) is 16.9. The fourth-order valence-corrected chi connectivity index (χ4v) is 2.61. The van der Waals surface area contributed by atoms with Crippen LogP contribution in [0.3, 0.4) is 0 Å². The van der Waals surface area contributed by atoms with Crippen LogP contribution in [-0.2, 0) is 4.79 Å². The van der Waals surface area contributed by atoms with Crippen molar-refractivity contribution in [2.75, 3.05) is 40.4 Å². The molecule has 29 heavy (non-hydrogen) atoms. The molecule has 0 saturated heterocycles. The van der Waals surface area contributed by atoms with E-state index in [0.29, 0.717) is 28.7 Å². The number of methoxy groups -OCH3 is 4. The smallest absolute Gasteiger partial charge is 0.243 e. The summed E-state index contributed by atoms with van der Waals surface area (Å²) in [5.41, 5.74) is 7.62. The van der Waals surface area contributed by atoms with Gasteiger partial charge in [0.25, 0.3) is 0 Å². The van der Waals surface area contributed by atoms with E-state index in [9.17, 15) is 4.79 Å². The van der Waals surface area contributed by atoms with Gasteiger partial charge in [0.2, 0.25) is 11.7 Å². The first-order valence-electron chi connectivity index (χ1n) is 8.80. The monoisotopic (exact) mass is 402 g/mol. The van der Waals surface area contributed by atoms with Gasteiger partial charge in [0.15, 0.2) is 11.5 Å². The number of hydrogen-bond donors (Lipinski definition) is 3. The van der Waals surface area contributed by atoms with Gasteiger partial charge < -0.3 is 35.1 Å². The summed E-state index contributed by atoms with van der Waals surface area (Å²) in [5.74, 6) is 1.64. The third-order valence-electron chi connectivity index (χ3n) is 4.19. The zero-order chi connectivity index (χ0) is 21.4. The second kappa shape index (κ2) is 10.4. The summed E-state index contributed by atoms with van der Waals surface area (Å²) >= 11 is 0. The lowest BCUT2D eigenvalue weighted by molar-refractivity contribution is -0.118. The maximum atomic E-state index is 12.1. The number of nitrogens with one attached hydrogen (secondary N) is 1. The van der Waals surface area contributed by atoms with Gasteiger partial charge >= 0.3 is 0 Å². The highest BCUT2D eigenvalue weighted by Crippen LogP contribution is 2.38. The fourth-order valence-electron chi connectivity index (χ4n) is 2.61. The lowest BCUT2D eigenvalue weighted by Crippen LogP contribution is -2.38. The van der Waals surface area contributed by atoms with E-state index < -0.39 is 18.6 Å². The Morgan fingerprint density at radius 3 is 2.21 bits per heavy atom. The number of amides is 1. The van der Waals surface area contributed by atoms with Crippen LogP contribution in [-0.4, -0.2) is 52.1 Å². The van der Waals surface area contributed by atoms with Crippen LogP contribution in [0.4, 0.5) is 5.69 Å². The molecule has 1 atom stereocenters. The molecule has 0 bridgehead atoms. The Hall–Kier alpha value is -3.23. The topological polar surface area (TPSA) is 112 Å². The number of anilines is 1. The molecule has 0 aromatic heterocycles. The van der Waals surface area contributed by atoms with Gasteiger partial charge in [-0.05, 0) is 35.4 Å². The van der Waals surface area contributed by atoms with E-state index in [4.69, 9.17) is 29.8 Å². The van der Waals surface area contributed by atoms with Crippen molar-refractivity contribution in [2.45, 2.75) is 6.04 Å². The summed E-state index contributed by atoms with van der Waals surface area (Å²) in [4.78, 5) is 12.1. The molecule has 8 heteroatoms. The summed E-state index contributed by atoms with van der Waals surface area (Å²) in [6.07, 6.45) is 3.66. The predicted molar refractivity (Wildman–Crippen MR) is 112 cm³/mol. The first-order valence-corrected chi connectivity index (χ1v) is 8.80. The van der Waals surface area contributed by atoms with Gasteiger partial charge in [-0.3, -0.25) is 4.79 Å². The molecule has 1 amide bonds. The lowest BCUT2D eigenvalue weighted by Gasteiger charge is -2.14. The number of aliphatic hydroxyl groups excluding tert-OH is 1. The van der Waals surface area contributed by atoms with Crippen LogP contribution in [0.25, 0.3) is 12.2 Å². The fraction of sp³-hybridized carbons (Fsp3) is 0.286. The van der Waals surface area contributed by atoms with Crippen LogP contribution in [0.15, 0.2) is 30.3 Å². The molecule has 0 aliphatic heterocycles. The molecule has 2 aromatic carbocycles. The van der Waals surface area contributed by atoms with Crippen LogP contribution in [0.1, 0.15) is 11.1 Å². The molecular formula is C21H26N2O6. The third-order valence-corrected chi connectivity index (χ3v) is 4.19. The number of nitrogens with two attached hydrogens (primary N) is 1. The Morgan fingerprint density at radius 2 is 1.69 bits per heavy atom. The summed E-state index contributed by atoms with van der Waals surface area (Å²) in [6, 6.07) is 7.84. The van der Waals surface area contributed by atoms with Crippen LogP contribution in [0.2, 0.25) is 0 Å². The maximum Gasteiger partial charge on any atom is 0.243 e. The van der Waals surface area contributed by atoms with Gasteiger partial charge in [-0.25, -0.2) is 0 Å². The maximum absolute atomic E-state index is 12.1. The molecule has 0 spiro atoms. The molecule has 0 radical (unpaired) electrons. The van der Waals surface area contributed by atoms with Crippen LogP contribution >= 0.6 is 0 Å². The largest absolute Gasteiger partial charge is 0.497 e. The number of carbonyl (C=O) groups is 1. The van der Waals surface area contributed by atoms with Crippen LogP contribution in [0, 0.1) is 0 Å². The molecule has 0 saturated carbocycles. The zero-order valence-corrected chi connectivity index (χ0v) is 16.9. The Kier molecular flexibility index (Phi) is 7.88. The van der Waals surface area contributed by atoms with E-state index >= 15 is 0 Å². The minimum absolute atomic E-state index is 0.452. The lowest BCUT2D eigenvalue weighted by atomic mass is 10.1. The van der Waals surface area contributed by atoms with Gasteiger partial charge in [-0.2, -0.15) is 0 Å². The predicted octanol–water partition coefficient (Wildman–Crippen LogP) is 2.15. The van der Waals surface area contributed by atoms with Crippen molar-refractivity contribution in [2.24, 2.45) is 5.73 Å². The summed E-state index contributed by atoms with van der Waals surface area (Å²) in [7, 11) is 6.17. The number of hydrogen-bond acceptors (Lipinski definition) is 7. The van der Waals surface area contributed by atoms with Crippen molar-refractivity contribution >= 4 is 23.7 Å². The van der Waals surface area contributed by atoms with Gasteiger partial charge in [0, 0.05) is 6.07 Å². The van der Waals surface area contributed by atoms with E-state index in [1.165, 1.54) is 7.11 Å². The van der Waals surface area contributed by atoms with Crippen LogP contribution < -0.4 is 30.0 Å². The quantitative estimate of drug-likeness (QED) is 0.551. The molecular weight excluding hydrogens is 376 g/mol. The minimum Gasteiger partial charge on any atom is -0.497 e. The SMILES string of the molecule is COc1ccc(/C=C/c2cc(OC)c(OC)c(OC)c2)c(NC(=O)[C@H](N)CO)c1. The highest BCUT2D eigenvalue weighted by molar-refractivity contribution is 5.97. The van der Waals surface area contributed by atoms with Gasteiger partial charge in [0.05, 0.1) is 40.7 Å². The van der Waals surface area contributed by atoms with Gasteiger partial charge in [-0.1, -0.05) is 12.2 Å². The normalized spacial score (nSPS) is 11.8. The first-order chi connectivity index (χ1) is 14.0. The average Bonchev–Trinajstić information content (AvgIpc) is 2.76. The second-order valence-electron chi connectivity index (χ2n) is 6.02. The molecule has 2 rings (SSSR count). The number of aliphatic hydroxyl groups is 1. The molecule has 2 aromatic rings. The van der Waals surface area contributed by atoms with Gasteiger partial charge in [0.1, 0.15) is 11.8 Å². The molecule has 8 nitrogen and oxygen atoms in total. The van der Waals surface area contributed by atoms with E-state index in [2.05, 4.69) is 5.32 Å². The molecule has 0 aliphatic carbocycles. The molecule has 4 N–H and O–H groups in total. The third kappa shape index (κ3) is 5.40. The highest BCUT2D eigenvalue weighted by atomic mass is 16.5. The Labute approximate surface area is 169 Å². The number of ether oxygens (including phenoxy) is 4. The first kappa shape index (κ1) is 22.1. The van der Waals surface area contributed by atoms with Crippen molar-refractivity contribution in [1.82, 2.24) is 0 Å². The van der Waals surface area contributed by atoms with Crippen molar-refractivity contribution in [3.8, 4) is 23.0 Å². The summed E-state index contributed by atoms with van der Waals surface area (Å²) in [6.45, 7) is -0.452. The average molecular weight is 402 g/mol. The van der Waals surface area contributed by atoms with Crippen molar-refractivity contribution < 1.29 is 28.8 Å². The van der Waals surface area contributed by atoms with Crippen LogP contribution in [0.5, 0.6) is 23.0 Å². The van der Waals surface area contributed by atoms with Gasteiger partial charge in [-0.15, -0.1) is 0 Å². The molecule has 0 unspecified atom stereocenters. The number of carbonyl (C=O) groups excluding carboxylic acids is 1. The molecule has 0 aliphatic rings. The molecule has 0 fully saturated rings. The van der Waals surface area contributed by atoms with Crippen molar-refractivity contribution in [1.29, 1.82) is 0 Å². The Morgan fingerprint density at radius 1 is 1.03 bits per heavy atom. The van der Waals surface area contributed by atoms with E-state index in [1.54, 1.807) is 51.7 Å². The van der Waals surface area contributed by atoms with Crippen molar-refractivity contribution in [3.63, 3.8) is 0 Å². The summed E-state index contributed by atoms with van der Waals surface area (Å²) in [5, 5.41) is 11.8. The molecule has 0 heterocycles. The Bertz CT molecular complexity index is 856. The summed E-state index contributed by atoms with van der Waals surface area (Å²) < 4.78 is 21.3. The number of rotatable bonds is 9. The minimum atomic E-state index is -1.02. The second-order valence-corrected chi connectivity index (χ2v) is 6.02.